The number of nitrogens with one attached hydrogen (secondary N) is 1. The van der Waals surface area contributed by atoms with Crippen molar-refractivity contribution in [2.45, 2.75) is 63.9 Å². The smallest absolute Gasteiger partial charge is 0.429 e. The van der Waals surface area contributed by atoms with Gasteiger partial charge in [0.15, 0.2) is 0 Å². The lowest BCUT2D eigenvalue weighted by Crippen LogP contribution is -2.46. The molecule has 3 atom stereocenters. The van der Waals surface area contributed by atoms with Crippen LogP contribution >= 0.6 is 0 Å². The first-order chi connectivity index (χ1) is 22.9. The van der Waals surface area contributed by atoms with Crippen molar-refractivity contribution in [2.24, 2.45) is 5.41 Å². The van der Waals surface area contributed by atoms with E-state index in [0.717, 1.165) is 6.42 Å². The summed E-state index contributed by atoms with van der Waals surface area (Å²) < 4.78 is 56.9. The number of nitrogens with two attached hydrogens (primary N) is 1. The highest BCUT2D eigenvalue weighted by Gasteiger charge is 2.50. The van der Waals surface area contributed by atoms with E-state index >= 15 is 0 Å². The number of anilines is 2. The van der Waals surface area contributed by atoms with E-state index < -0.39 is 24.3 Å². The minimum Gasteiger partial charge on any atom is -0.481 e. The van der Waals surface area contributed by atoms with Crippen molar-refractivity contribution < 1.29 is 32.5 Å². The molecule has 0 aliphatic carbocycles. The van der Waals surface area contributed by atoms with Gasteiger partial charge in [0.25, 0.3) is 0 Å². The Morgan fingerprint density at radius 1 is 1.12 bits per heavy atom. The van der Waals surface area contributed by atoms with Crippen molar-refractivity contribution in [3.8, 4) is 28.6 Å². The predicted molar refractivity (Wildman–Crippen MR) is 171 cm³/mol. The van der Waals surface area contributed by atoms with E-state index in [2.05, 4.69) is 25.4 Å². The number of nitrogens with zero attached hydrogens (tertiary/aromatic N) is 6. The van der Waals surface area contributed by atoms with E-state index in [9.17, 15) is 23.1 Å². The van der Waals surface area contributed by atoms with Gasteiger partial charge in [-0.25, -0.2) is 9.67 Å². The predicted octanol–water partition coefficient (Wildman–Crippen LogP) is 5.12. The molecule has 15 heteroatoms. The largest absolute Gasteiger partial charge is 0.481 e. The second-order valence-corrected chi connectivity index (χ2v) is 12.3. The molecule has 6 rings (SSSR count). The Kier molecular flexibility index (Phi) is 8.90. The number of aromatic nitrogens is 5. The molecule has 2 fully saturated rings. The highest BCUT2D eigenvalue weighted by atomic mass is 19.4. The third kappa shape index (κ3) is 6.59. The van der Waals surface area contributed by atoms with Gasteiger partial charge in [-0.1, -0.05) is 19.1 Å². The molecule has 1 aromatic carbocycles. The highest BCUT2D eigenvalue weighted by Crippen LogP contribution is 2.46. The number of benzene rings is 1. The lowest BCUT2D eigenvalue weighted by atomic mass is 9.71. The molecule has 0 radical (unpaired) electrons. The lowest BCUT2D eigenvalue weighted by molar-refractivity contribution is -0.198. The summed E-state index contributed by atoms with van der Waals surface area (Å²) in [6.07, 6.45) is -1.43. The van der Waals surface area contributed by atoms with Crippen molar-refractivity contribution >= 4 is 17.7 Å². The van der Waals surface area contributed by atoms with Crippen LogP contribution in [0.15, 0.2) is 54.9 Å². The van der Waals surface area contributed by atoms with Crippen LogP contribution in [-0.2, 0) is 4.79 Å². The number of carboxylic acid groups (broad SMARTS) is 1. The van der Waals surface area contributed by atoms with Crippen molar-refractivity contribution in [3.63, 3.8) is 0 Å². The van der Waals surface area contributed by atoms with E-state index in [4.69, 9.17) is 15.2 Å². The normalized spacial score (nSPS) is 19.8. The molecular weight excluding hydrogens is 629 g/mol. The zero-order valence-corrected chi connectivity index (χ0v) is 26.7. The zero-order chi connectivity index (χ0) is 34.2. The maximum atomic E-state index is 14.9. The minimum atomic E-state index is -4.85. The SMILES string of the molecule is CCC1NC(C(=O)O)CC12CCN(c1cc(O[C@H](c3ccc(-c4ccnc(OC)c4)cc3-n3ccc(C)n3)C(F)(F)F)nc(N)n1)CC2. The Hall–Kier alpha value is -4.92. The number of aryl methyl sites for hydroxylation is 1. The number of ether oxygens (including phenoxy) is 2. The van der Waals surface area contributed by atoms with E-state index in [0.29, 0.717) is 60.9 Å². The number of alkyl halides is 3. The van der Waals surface area contributed by atoms with Gasteiger partial charge in [0.2, 0.25) is 23.8 Å². The molecule has 5 heterocycles. The molecule has 254 valence electrons. The third-order valence-corrected chi connectivity index (χ3v) is 9.34. The average molecular weight is 667 g/mol. The lowest BCUT2D eigenvalue weighted by Gasteiger charge is -2.43. The summed E-state index contributed by atoms with van der Waals surface area (Å²) in [6, 6.07) is 10.5. The summed E-state index contributed by atoms with van der Waals surface area (Å²) in [5, 5.41) is 17.3. The number of hydrogen-bond donors (Lipinski definition) is 3. The van der Waals surface area contributed by atoms with Gasteiger partial charge in [0.1, 0.15) is 11.9 Å². The molecular formula is C33H37F3N8O4. The number of piperidine rings is 1. The second-order valence-electron chi connectivity index (χ2n) is 12.3. The Morgan fingerprint density at radius 3 is 2.52 bits per heavy atom. The summed E-state index contributed by atoms with van der Waals surface area (Å²) in [5.74, 6) is -0.721. The molecule has 4 aromatic rings. The molecule has 12 nitrogen and oxygen atoms in total. The summed E-state index contributed by atoms with van der Waals surface area (Å²) >= 11 is 0. The number of carbonyl (C=O) groups is 1. The number of aliphatic carboxylic acids is 1. The second kappa shape index (κ2) is 12.9. The number of rotatable bonds is 9. The maximum absolute atomic E-state index is 14.9. The van der Waals surface area contributed by atoms with E-state index in [1.54, 1.807) is 49.6 Å². The molecule has 1 spiro atoms. The summed E-state index contributed by atoms with van der Waals surface area (Å²) in [7, 11) is 1.48. The van der Waals surface area contributed by atoms with Crippen molar-refractivity contribution in [1.82, 2.24) is 30.0 Å². The Bertz CT molecular complexity index is 1790. The molecule has 2 unspecified atom stereocenters. The van der Waals surface area contributed by atoms with Crippen molar-refractivity contribution in [1.29, 1.82) is 0 Å². The minimum absolute atomic E-state index is 0.0578. The van der Waals surface area contributed by atoms with Gasteiger partial charge < -0.3 is 30.5 Å². The number of nitrogen functional groups attached to an aromatic ring is 1. The topological polar surface area (TPSA) is 154 Å². The van der Waals surface area contributed by atoms with Gasteiger partial charge >= 0.3 is 12.1 Å². The van der Waals surface area contributed by atoms with Crippen LogP contribution in [0, 0.1) is 12.3 Å². The number of halogens is 3. The van der Waals surface area contributed by atoms with Crippen molar-refractivity contribution in [3.05, 3.63) is 66.1 Å². The van der Waals surface area contributed by atoms with E-state index in [1.807, 2.05) is 11.8 Å². The first kappa shape index (κ1) is 33.0. The van der Waals surface area contributed by atoms with Gasteiger partial charge in [-0.15, -0.1) is 0 Å². The molecule has 0 amide bonds. The fourth-order valence-corrected chi connectivity index (χ4v) is 6.94. The molecule has 2 aliphatic heterocycles. The van der Waals surface area contributed by atoms with Crippen LogP contribution in [0.3, 0.4) is 0 Å². The highest BCUT2D eigenvalue weighted by molar-refractivity contribution is 5.74. The fourth-order valence-electron chi connectivity index (χ4n) is 6.94. The number of methoxy groups -OCH3 is 1. The molecule has 2 aliphatic rings. The van der Waals surface area contributed by atoms with Gasteiger partial charge in [0, 0.05) is 49.2 Å². The van der Waals surface area contributed by atoms with Gasteiger partial charge in [-0.2, -0.15) is 28.2 Å². The third-order valence-electron chi connectivity index (χ3n) is 9.34. The summed E-state index contributed by atoms with van der Waals surface area (Å²) in [4.78, 5) is 26.1. The van der Waals surface area contributed by atoms with Gasteiger partial charge in [0.05, 0.1) is 18.5 Å². The maximum Gasteiger partial charge on any atom is 0.429 e. The number of hydrogen-bond acceptors (Lipinski definition) is 10. The monoisotopic (exact) mass is 666 g/mol. The first-order valence-corrected chi connectivity index (χ1v) is 15.7. The van der Waals surface area contributed by atoms with Crippen LogP contribution in [0.2, 0.25) is 0 Å². The van der Waals surface area contributed by atoms with Crippen LogP contribution in [0.1, 0.15) is 50.0 Å². The number of pyridine rings is 1. The standard InChI is InChI=1S/C33H37F3N8O4/c1-4-25-32(18-23(39-25)30(45)46)9-13-43(14-10-32)26-17-28(41-31(37)40-26)48-29(33(34,35)36)22-6-5-20(21-7-11-38-27(16-21)47-3)15-24(22)44-12-8-19(2)42-44/h5-8,11-12,15-17,23,25,29,39H,4,9-10,13-14,18H2,1-3H3,(H,45,46)(H2,37,40,41)/t23?,25?,29-/m1/s1. The fraction of sp³-hybridized carbons (Fsp3) is 0.424. The van der Waals surface area contributed by atoms with Crippen LogP contribution in [-0.4, -0.2) is 74.3 Å². The van der Waals surface area contributed by atoms with Crippen molar-refractivity contribution in [2.75, 3.05) is 30.8 Å². The van der Waals surface area contributed by atoms with E-state index in [-0.39, 0.29) is 34.5 Å². The zero-order valence-electron chi connectivity index (χ0n) is 26.7. The van der Waals surface area contributed by atoms with Crippen LogP contribution in [0.4, 0.5) is 24.9 Å². The van der Waals surface area contributed by atoms with Crippen LogP contribution in [0.5, 0.6) is 11.8 Å². The Morgan fingerprint density at radius 2 is 1.88 bits per heavy atom. The Labute approximate surface area is 275 Å². The quantitative estimate of drug-likeness (QED) is 0.218. The Balaban J connectivity index is 1.31. The molecule has 4 N–H and O–H groups in total. The molecule has 0 saturated carbocycles. The van der Waals surface area contributed by atoms with Gasteiger partial charge in [-0.3, -0.25) is 4.79 Å². The van der Waals surface area contributed by atoms with Crippen LogP contribution in [0.25, 0.3) is 16.8 Å². The number of carboxylic acids is 1. The van der Waals surface area contributed by atoms with Crippen LogP contribution < -0.4 is 25.4 Å². The van der Waals surface area contributed by atoms with E-state index in [1.165, 1.54) is 23.9 Å². The first-order valence-electron chi connectivity index (χ1n) is 15.7. The summed E-state index contributed by atoms with van der Waals surface area (Å²) in [6.45, 7) is 4.82. The van der Waals surface area contributed by atoms with Gasteiger partial charge in [-0.05, 0) is 67.3 Å². The molecule has 48 heavy (non-hydrogen) atoms. The molecule has 2 saturated heterocycles. The summed E-state index contributed by atoms with van der Waals surface area (Å²) in [5.41, 5.74) is 7.74. The molecule has 3 aromatic heterocycles. The molecule has 0 bridgehead atoms. The average Bonchev–Trinajstić information content (AvgIpc) is 3.66.